The predicted octanol–water partition coefficient (Wildman–Crippen LogP) is 1.84. The smallest absolute Gasteiger partial charge is 0.124 e. The van der Waals surface area contributed by atoms with E-state index in [1.807, 2.05) is 6.07 Å². The van der Waals surface area contributed by atoms with Crippen molar-refractivity contribution in [1.82, 2.24) is 0 Å². The van der Waals surface area contributed by atoms with Crippen molar-refractivity contribution in [2.24, 2.45) is 0 Å². The minimum absolute atomic E-state index is 0.0944. The number of para-hydroxylation sites is 2. The molecule has 0 saturated carbocycles. The van der Waals surface area contributed by atoms with Crippen LogP contribution in [0.2, 0.25) is 0 Å². The van der Waals surface area contributed by atoms with Crippen LogP contribution in [0.15, 0.2) is 48.5 Å². The van der Waals surface area contributed by atoms with Crippen molar-refractivity contribution in [3.63, 3.8) is 0 Å². The summed E-state index contributed by atoms with van der Waals surface area (Å²) in [5.74, 6) is 0.282. The molecule has 0 aromatic heterocycles. The maximum Gasteiger partial charge on any atom is 0.124 e. The third kappa shape index (κ3) is 2.92. The van der Waals surface area contributed by atoms with E-state index >= 15 is 0 Å². The molecule has 1 unspecified atom stereocenters. The van der Waals surface area contributed by atoms with Crippen molar-refractivity contribution >= 4 is 5.71 Å². The minimum Gasteiger partial charge on any atom is -0.507 e. The van der Waals surface area contributed by atoms with E-state index in [4.69, 9.17) is 5.41 Å². The van der Waals surface area contributed by atoms with E-state index in [0.29, 0.717) is 23.3 Å². The number of hydrogen-bond acceptors (Lipinski definition) is 3. The molecule has 0 aliphatic rings. The van der Waals surface area contributed by atoms with Crippen molar-refractivity contribution in [2.75, 3.05) is 0 Å². The molecule has 98 valence electrons. The second-order valence-electron chi connectivity index (χ2n) is 4.46. The first kappa shape index (κ1) is 13.1. The van der Waals surface area contributed by atoms with Crippen LogP contribution in [0, 0.1) is 5.41 Å². The van der Waals surface area contributed by atoms with Gasteiger partial charge >= 0.3 is 0 Å². The number of rotatable bonds is 4. The predicted molar refractivity (Wildman–Crippen MR) is 73.3 cm³/mol. The molecule has 0 spiro atoms. The Morgan fingerprint density at radius 1 is 1.00 bits per heavy atom. The first-order valence-electron chi connectivity index (χ1n) is 6.06. The van der Waals surface area contributed by atoms with Gasteiger partial charge in [0, 0.05) is 17.7 Å². The third-order valence-corrected chi connectivity index (χ3v) is 3.06. The van der Waals surface area contributed by atoms with Crippen LogP contribution >= 0.6 is 0 Å². The molecular weight excluding hydrogens is 240 g/mol. The van der Waals surface area contributed by atoms with Gasteiger partial charge in [0.2, 0.25) is 0 Å². The Morgan fingerprint density at radius 3 is 2.21 bits per heavy atom. The number of benzene rings is 2. The van der Waals surface area contributed by atoms with E-state index in [0.717, 1.165) is 0 Å². The number of nitrogens with one attached hydrogen (secondary N) is 1. The van der Waals surface area contributed by atoms with Crippen molar-refractivity contribution < 1.29 is 15.9 Å². The van der Waals surface area contributed by atoms with Gasteiger partial charge in [-0.15, -0.1) is 0 Å². The fraction of sp³-hybridized carbons (Fsp3) is 0.133. The summed E-state index contributed by atoms with van der Waals surface area (Å²) in [7, 11) is 0. The normalized spacial score (nSPS) is 12.1. The van der Waals surface area contributed by atoms with Crippen molar-refractivity contribution in [2.45, 2.75) is 12.5 Å². The lowest BCUT2D eigenvalue weighted by Crippen LogP contribution is -2.54. The van der Waals surface area contributed by atoms with Crippen LogP contribution in [0.1, 0.15) is 23.6 Å². The number of hydrogen-bond donors (Lipinski definition) is 4. The molecule has 2 aromatic carbocycles. The minimum atomic E-state index is -0.228. The SMILES string of the molecule is N=C(CC([NH3+])c1ccccc1O)c1ccccc1O. The zero-order chi connectivity index (χ0) is 13.8. The van der Waals surface area contributed by atoms with Crippen LogP contribution in [-0.2, 0) is 0 Å². The van der Waals surface area contributed by atoms with Gasteiger partial charge in [0.05, 0.1) is 5.56 Å². The molecule has 2 rings (SSSR count). The van der Waals surface area contributed by atoms with Gasteiger partial charge < -0.3 is 21.4 Å². The van der Waals surface area contributed by atoms with E-state index in [1.165, 1.54) is 0 Å². The Kier molecular flexibility index (Phi) is 3.82. The summed E-state index contributed by atoms with van der Waals surface area (Å²) in [6.07, 6.45) is 0.356. The van der Waals surface area contributed by atoms with E-state index in [2.05, 4.69) is 5.73 Å². The average Bonchev–Trinajstić information content (AvgIpc) is 2.39. The topological polar surface area (TPSA) is 92.0 Å². The molecule has 1 atom stereocenters. The third-order valence-electron chi connectivity index (χ3n) is 3.06. The molecule has 0 aliphatic heterocycles. The largest absolute Gasteiger partial charge is 0.507 e. The molecule has 0 radical (unpaired) electrons. The highest BCUT2D eigenvalue weighted by molar-refractivity contribution is 6.00. The van der Waals surface area contributed by atoms with Gasteiger partial charge in [0.15, 0.2) is 0 Å². The quantitative estimate of drug-likeness (QED) is 0.629. The highest BCUT2D eigenvalue weighted by Gasteiger charge is 2.18. The number of aromatic hydroxyl groups is 2. The Balaban J connectivity index is 2.16. The van der Waals surface area contributed by atoms with E-state index < -0.39 is 0 Å². The van der Waals surface area contributed by atoms with Gasteiger partial charge in [-0.3, -0.25) is 0 Å². The highest BCUT2D eigenvalue weighted by atomic mass is 16.3. The summed E-state index contributed by atoms with van der Waals surface area (Å²) < 4.78 is 0. The fourth-order valence-corrected chi connectivity index (χ4v) is 2.03. The molecule has 4 nitrogen and oxygen atoms in total. The average molecular weight is 257 g/mol. The summed E-state index contributed by atoms with van der Waals surface area (Å²) in [4.78, 5) is 0. The lowest BCUT2D eigenvalue weighted by atomic mass is 9.97. The molecular formula is C15H17N2O2+. The molecule has 6 N–H and O–H groups in total. The molecule has 0 saturated heterocycles. The number of quaternary nitrogens is 1. The van der Waals surface area contributed by atoms with E-state index in [-0.39, 0.29) is 17.5 Å². The van der Waals surface area contributed by atoms with Gasteiger partial charge in [-0.25, -0.2) is 0 Å². The Labute approximate surface area is 111 Å². The first-order valence-corrected chi connectivity index (χ1v) is 6.06. The summed E-state index contributed by atoms with van der Waals surface area (Å²) in [6.45, 7) is 0. The maximum absolute atomic E-state index is 9.76. The fourth-order valence-electron chi connectivity index (χ4n) is 2.03. The van der Waals surface area contributed by atoms with Crippen molar-refractivity contribution in [3.8, 4) is 11.5 Å². The number of phenols is 2. The Morgan fingerprint density at radius 2 is 1.58 bits per heavy atom. The lowest BCUT2D eigenvalue weighted by Gasteiger charge is -2.12. The summed E-state index contributed by atoms with van der Waals surface area (Å²) in [6, 6.07) is 13.5. The van der Waals surface area contributed by atoms with Gasteiger partial charge in [0.1, 0.15) is 17.5 Å². The van der Waals surface area contributed by atoms with Crippen LogP contribution in [0.3, 0.4) is 0 Å². The van der Waals surface area contributed by atoms with Crippen LogP contribution < -0.4 is 5.73 Å². The molecule has 0 heterocycles. The first-order chi connectivity index (χ1) is 9.09. The molecule has 4 heteroatoms. The zero-order valence-electron chi connectivity index (χ0n) is 10.5. The van der Waals surface area contributed by atoms with E-state index in [1.54, 1.807) is 42.5 Å². The van der Waals surface area contributed by atoms with Crippen LogP contribution in [0.4, 0.5) is 0 Å². The van der Waals surface area contributed by atoms with E-state index in [9.17, 15) is 10.2 Å². The summed E-state index contributed by atoms with van der Waals surface area (Å²) >= 11 is 0. The molecule has 0 bridgehead atoms. The van der Waals surface area contributed by atoms with Crippen LogP contribution in [0.5, 0.6) is 11.5 Å². The van der Waals surface area contributed by atoms with Gasteiger partial charge in [0.25, 0.3) is 0 Å². The maximum atomic E-state index is 9.76. The second kappa shape index (κ2) is 5.54. The van der Waals surface area contributed by atoms with Crippen LogP contribution in [-0.4, -0.2) is 15.9 Å². The lowest BCUT2D eigenvalue weighted by molar-refractivity contribution is -0.424. The van der Waals surface area contributed by atoms with Gasteiger partial charge in [-0.1, -0.05) is 24.3 Å². The van der Waals surface area contributed by atoms with Crippen molar-refractivity contribution in [1.29, 1.82) is 5.41 Å². The van der Waals surface area contributed by atoms with Gasteiger partial charge in [-0.05, 0) is 24.3 Å². The molecule has 2 aromatic rings. The Bertz CT molecular complexity index is 596. The van der Waals surface area contributed by atoms with Crippen molar-refractivity contribution in [3.05, 3.63) is 59.7 Å². The summed E-state index contributed by atoms with van der Waals surface area (Å²) in [5.41, 5.74) is 5.51. The zero-order valence-corrected chi connectivity index (χ0v) is 10.5. The molecule has 0 aliphatic carbocycles. The van der Waals surface area contributed by atoms with Gasteiger partial charge in [-0.2, -0.15) is 0 Å². The molecule has 0 amide bonds. The number of phenolic OH excluding ortho intramolecular Hbond substituents is 2. The standard InChI is InChI=1S/C15H16N2O2/c16-12(10-5-1-3-7-14(10)18)9-13(17)11-6-2-4-8-15(11)19/h1-8,12,17-19H,9,16H2/p+1. The Hall–Kier alpha value is -2.33. The molecule has 0 fully saturated rings. The molecule has 19 heavy (non-hydrogen) atoms. The highest BCUT2D eigenvalue weighted by Crippen LogP contribution is 2.25. The monoisotopic (exact) mass is 257 g/mol. The van der Waals surface area contributed by atoms with Crippen LogP contribution in [0.25, 0.3) is 0 Å². The summed E-state index contributed by atoms with van der Waals surface area (Å²) in [5, 5.41) is 27.5. The second-order valence-corrected chi connectivity index (χ2v) is 4.46.